The van der Waals surface area contributed by atoms with Crippen LogP contribution >= 0.6 is 0 Å². The topological polar surface area (TPSA) is 49.4 Å². The van der Waals surface area contributed by atoms with Crippen molar-refractivity contribution in [3.63, 3.8) is 0 Å². The number of benzene rings is 1. The number of anilines is 1. The van der Waals surface area contributed by atoms with Crippen LogP contribution in [-0.2, 0) is 4.79 Å². The number of amides is 3. The molecular formula is C13H15FN2O2. The third-order valence-corrected chi connectivity index (χ3v) is 2.93. The number of urea groups is 1. The summed E-state index contributed by atoms with van der Waals surface area (Å²) < 4.78 is 13.6. The lowest BCUT2D eigenvalue weighted by Gasteiger charge is -2.31. The van der Waals surface area contributed by atoms with Gasteiger partial charge in [-0.2, -0.15) is 0 Å². The molecule has 1 aromatic rings. The van der Waals surface area contributed by atoms with Crippen molar-refractivity contribution in [2.75, 3.05) is 4.90 Å². The molecule has 96 valence electrons. The molecule has 1 N–H and O–H groups in total. The van der Waals surface area contributed by atoms with Crippen molar-refractivity contribution in [2.45, 2.75) is 32.2 Å². The van der Waals surface area contributed by atoms with Gasteiger partial charge in [0, 0.05) is 12.5 Å². The fourth-order valence-electron chi connectivity index (χ4n) is 2.11. The van der Waals surface area contributed by atoms with E-state index in [1.807, 2.05) is 6.92 Å². The first-order valence-corrected chi connectivity index (χ1v) is 6.01. The van der Waals surface area contributed by atoms with E-state index in [9.17, 15) is 14.0 Å². The zero-order chi connectivity index (χ0) is 13.1. The molecule has 18 heavy (non-hydrogen) atoms. The Hall–Kier alpha value is -1.91. The number of halogens is 1. The van der Waals surface area contributed by atoms with E-state index in [0.717, 1.165) is 17.7 Å². The summed E-state index contributed by atoms with van der Waals surface area (Å²) in [5.41, 5.74) is 0.00921. The second-order valence-corrected chi connectivity index (χ2v) is 4.32. The summed E-state index contributed by atoms with van der Waals surface area (Å²) in [6, 6.07) is 5.08. The summed E-state index contributed by atoms with van der Waals surface area (Å²) in [6.45, 7) is 1.99. The fraction of sp³-hybridized carbons (Fsp3) is 0.385. The Kier molecular flexibility index (Phi) is 3.60. The second-order valence-electron chi connectivity index (χ2n) is 4.32. The maximum atomic E-state index is 13.6. The molecule has 1 fully saturated rings. The van der Waals surface area contributed by atoms with E-state index < -0.39 is 11.8 Å². The standard InChI is InChI=1S/C13H15FN2O2/c1-2-5-9-8-12(17)16(13(18)15-9)11-7-4-3-6-10(11)14/h3-4,6-7,9H,2,5,8H2,1H3,(H,15,18). The van der Waals surface area contributed by atoms with E-state index in [1.165, 1.54) is 18.2 Å². The second kappa shape index (κ2) is 5.16. The lowest BCUT2D eigenvalue weighted by atomic mass is 10.1. The van der Waals surface area contributed by atoms with E-state index >= 15 is 0 Å². The molecule has 0 aliphatic carbocycles. The number of hydrogen-bond donors (Lipinski definition) is 1. The summed E-state index contributed by atoms with van der Waals surface area (Å²) in [4.78, 5) is 24.7. The van der Waals surface area contributed by atoms with Gasteiger partial charge in [-0.1, -0.05) is 25.5 Å². The minimum absolute atomic E-state index is 0.00921. The number of nitrogens with zero attached hydrogens (tertiary/aromatic N) is 1. The number of carbonyl (C=O) groups is 2. The molecule has 0 aromatic heterocycles. The molecule has 0 bridgehead atoms. The molecule has 1 unspecified atom stereocenters. The smallest absolute Gasteiger partial charge is 0.329 e. The highest BCUT2D eigenvalue weighted by Gasteiger charge is 2.33. The Balaban J connectivity index is 2.23. The van der Waals surface area contributed by atoms with Gasteiger partial charge in [-0.15, -0.1) is 0 Å². The molecule has 4 nitrogen and oxygen atoms in total. The maximum Gasteiger partial charge on any atom is 0.329 e. The minimum Gasteiger partial charge on any atom is -0.334 e. The molecule has 1 atom stereocenters. The van der Waals surface area contributed by atoms with Gasteiger partial charge >= 0.3 is 6.03 Å². The van der Waals surface area contributed by atoms with Gasteiger partial charge in [-0.25, -0.2) is 14.1 Å². The number of imide groups is 1. The average Bonchev–Trinajstić information content (AvgIpc) is 2.31. The van der Waals surface area contributed by atoms with Crippen LogP contribution in [0.3, 0.4) is 0 Å². The number of carbonyl (C=O) groups excluding carboxylic acids is 2. The van der Waals surface area contributed by atoms with E-state index in [0.29, 0.717) is 0 Å². The Labute approximate surface area is 105 Å². The van der Waals surface area contributed by atoms with Crippen molar-refractivity contribution >= 4 is 17.6 Å². The van der Waals surface area contributed by atoms with Crippen LogP contribution in [0.15, 0.2) is 24.3 Å². The summed E-state index contributed by atoms with van der Waals surface area (Å²) >= 11 is 0. The predicted octanol–water partition coefficient (Wildman–Crippen LogP) is 2.44. The molecule has 1 aliphatic rings. The zero-order valence-corrected chi connectivity index (χ0v) is 10.1. The summed E-state index contributed by atoms with van der Waals surface area (Å²) in [6.07, 6.45) is 1.86. The monoisotopic (exact) mass is 250 g/mol. The van der Waals surface area contributed by atoms with Crippen LogP contribution < -0.4 is 10.2 Å². The van der Waals surface area contributed by atoms with Crippen molar-refractivity contribution in [3.05, 3.63) is 30.1 Å². The van der Waals surface area contributed by atoms with Gasteiger partial charge in [0.25, 0.3) is 0 Å². The lowest BCUT2D eigenvalue weighted by molar-refractivity contribution is -0.119. The molecule has 1 saturated heterocycles. The van der Waals surface area contributed by atoms with Gasteiger partial charge in [-0.3, -0.25) is 4.79 Å². The third-order valence-electron chi connectivity index (χ3n) is 2.93. The van der Waals surface area contributed by atoms with Crippen molar-refractivity contribution < 1.29 is 14.0 Å². The van der Waals surface area contributed by atoms with Gasteiger partial charge in [0.15, 0.2) is 0 Å². The van der Waals surface area contributed by atoms with Crippen LogP contribution in [0.1, 0.15) is 26.2 Å². The van der Waals surface area contributed by atoms with Gasteiger partial charge < -0.3 is 5.32 Å². The third kappa shape index (κ3) is 2.34. The van der Waals surface area contributed by atoms with Crippen molar-refractivity contribution in [1.29, 1.82) is 0 Å². The first kappa shape index (κ1) is 12.5. The van der Waals surface area contributed by atoms with Crippen LogP contribution in [0.2, 0.25) is 0 Å². The Bertz CT molecular complexity index is 458. The molecule has 0 radical (unpaired) electrons. The summed E-state index contributed by atoms with van der Waals surface area (Å²) in [5, 5.41) is 2.72. The first-order chi connectivity index (χ1) is 8.63. The van der Waals surface area contributed by atoms with Crippen LogP contribution in [0.5, 0.6) is 0 Å². The number of hydrogen-bond acceptors (Lipinski definition) is 2. The van der Waals surface area contributed by atoms with Gasteiger partial charge in [0.2, 0.25) is 5.91 Å². The van der Waals surface area contributed by atoms with E-state index in [4.69, 9.17) is 0 Å². The van der Waals surface area contributed by atoms with E-state index in [2.05, 4.69) is 5.32 Å². The normalized spacial score (nSPS) is 19.9. The van der Waals surface area contributed by atoms with Gasteiger partial charge in [-0.05, 0) is 18.6 Å². The number of para-hydroxylation sites is 1. The number of nitrogens with one attached hydrogen (secondary N) is 1. The maximum absolute atomic E-state index is 13.6. The number of rotatable bonds is 3. The Morgan fingerprint density at radius 3 is 2.72 bits per heavy atom. The van der Waals surface area contributed by atoms with Crippen molar-refractivity contribution in [3.8, 4) is 0 Å². The SMILES string of the molecule is CCCC1CC(=O)N(c2ccccc2F)C(=O)N1. The lowest BCUT2D eigenvalue weighted by Crippen LogP contribution is -2.55. The fourth-order valence-corrected chi connectivity index (χ4v) is 2.11. The van der Waals surface area contributed by atoms with Crippen LogP contribution in [0.25, 0.3) is 0 Å². The van der Waals surface area contributed by atoms with Crippen LogP contribution in [-0.4, -0.2) is 18.0 Å². The molecule has 3 amide bonds. The quantitative estimate of drug-likeness (QED) is 0.895. The van der Waals surface area contributed by atoms with Crippen molar-refractivity contribution in [2.24, 2.45) is 0 Å². The van der Waals surface area contributed by atoms with Crippen molar-refractivity contribution in [1.82, 2.24) is 5.32 Å². The Morgan fingerprint density at radius 2 is 2.11 bits per heavy atom. The van der Waals surface area contributed by atoms with Crippen LogP contribution in [0.4, 0.5) is 14.9 Å². The largest absolute Gasteiger partial charge is 0.334 e. The van der Waals surface area contributed by atoms with Crippen LogP contribution in [0, 0.1) is 5.82 Å². The predicted molar refractivity (Wildman–Crippen MR) is 65.7 cm³/mol. The molecule has 2 rings (SSSR count). The molecule has 1 heterocycles. The van der Waals surface area contributed by atoms with Gasteiger partial charge in [0.05, 0.1) is 5.69 Å². The van der Waals surface area contributed by atoms with E-state index in [1.54, 1.807) is 6.07 Å². The molecule has 1 aliphatic heterocycles. The highest BCUT2D eigenvalue weighted by atomic mass is 19.1. The summed E-state index contributed by atoms with van der Waals surface area (Å²) in [5.74, 6) is -0.933. The molecule has 0 saturated carbocycles. The van der Waals surface area contributed by atoms with E-state index in [-0.39, 0.29) is 24.1 Å². The molecule has 0 spiro atoms. The molecular weight excluding hydrogens is 235 g/mol. The zero-order valence-electron chi connectivity index (χ0n) is 10.1. The highest BCUT2D eigenvalue weighted by molar-refractivity contribution is 6.16. The minimum atomic E-state index is -0.574. The average molecular weight is 250 g/mol. The van der Waals surface area contributed by atoms with Gasteiger partial charge in [0.1, 0.15) is 5.82 Å². The highest BCUT2D eigenvalue weighted by Crippen LogP contribution is 2.23. The molecule has 1 aromatic carbocycles. The summed E-state index contributed by atoms with van der Waals surface area (Å²) in [7, 11) is 0. The Morgan fingerprint density at radius 1 is 1.39 bits per heavy atom. The molecule has 5 heteroatoms. The first-order valence-electron chi connectivity index (χ1n) is 6.01.